The zero-order valence-corrected chi connectivity index (χ0v) is 11.4. The highest BCUT2D eigenvalue weighted by molar-refractivity contribution is 5.40. The predicted octanol–water partition coefficient (Wildman–Crippen LogP) is 2.17. The number of nitrogen functional groups attached to an aromatic ring is 1. The van der Waals surface area contributed by atoms with Crippen molar-refractivity contribution < 1.29 is 4.74 Å². The van der Waals surface area contributed by atoms with Gasteiger partial charge in [0, 0.05) is 25.9 Å². The molecule has 0 saturated carbocycles. The molecule has 100 valence electrons. The Morgan fingerprint density at radius 3 is 3.00 bits per heavy atom. The minimum Gasteiger partial charge on any atom is -0.399 e. The van der Waals surface area contributed by atoms with Gasteiger partial charge in [0.15, 0.2) is 0 Å². The van der Waals surface area contributed by atoms with Gasteiger partial charge in [-0.25, -0.2) is 0 Å². The van der Waals surface area contributed by atoms with Crippen molar-refractivity contribution in [2.24, 2.45) is 5.92 Å². The van der Waals surface area contributed by atoms with E-state index in [9.17, 15) is 0 Å². The summed E-state index contributed by atoms with van der Waals surface area (Å²) in [5.41, 5.74) is 7.97. The lowest BCUT2D eigenvalue weighted by Crippen LogP contribution is -2.44. The van der Waals surface area contributed by atoms with Gasteiger partial charge >= 0.3 is 0 Å². The number of likely N-dealkylation sites (tertiary alicyclic amines) is 1. The van der Waals surface area contributed by atoms with Gasteiger partial charge in [-0.1, -0.05) is 19.1 Å². The van der Waals surface area contributed by atoms with Crippen LogP contribution in [0.25, 0.3) is 0 Å². The highest BCUT2D eigenvalue weighted by Crippen LogP contribution is 2.19. The Morgan fingerprint density at radius 1 is 1.44 bits per heavy atom. The fourth-order valence-electron chi connectivity index (χ4n) is 2.64. The van der Waals surface area contributed by atoms with E-state index in [1.54, 1.807) is 0 Å². The molecule has 1 aliphatic heterocycles. The van der Waals surface area contributed by atoms with Gasteiger partial charge in [-0.15, -0.1) is 0 Å². The molecular formula is C15H24N2O. The zero-order chi connectivity index (χ0) is 13.0. The van der Waals surface area contributed by atoms with Crippen LogP contribution in [0.4, 0.5) is 5.69 Å². The number of ether oxygens (including phenoxy) is 1. The van der Waals surface area contributed by atoms with Crippen LogP contribution in [0.3, 0.4) is 0 Å². The molecule has 2 N–H and O–H groups in total. The molecule has 0 aromatic heterocycles. The monoisotopic (exact) mass is 248 g/mol. The second-order valence-electron chi connectivity index (χ2n) is 5.34. The van der Waals surface area contributed by atoms with Crippen LogP contribution in [0.2, 0.25) is 0 Å². The van der Waals surface area contributed by atoms with E-state index >= 15 is 0 Å². The number of hydrogen-bond donors (Lipinski definition) is 1. The van der Waals surface area contributed by atoms with Gasteiger partial charge in [0.2, 0.25) is 0 Å². The van der Waals surface area contributed by atoms with Crippen molar-refractivity contribution in [3.63, 3.8) is 0 Å². The fourth-order valence-corrected chi connectivity index (χ4v) is 2.64. The topological polar surface area (TPSA) is 38.5 Å². The molecule has 1 saturated heterocycles. The Labute approximate surface area is 110 Å². The first-order valence-corrected chi connectivity index (χ1v) is 6.78. The molecule has 3 nitrogen and oxygen atoms in total. The largest absolute Gasteiger partial charge is 0.399 e. The van der Waals surface area contributed by atoms with Crippen molar-refractivity contribution in [2.75, 3.05) is 32.5 Å². The van der Waals surface area contributed by atoms with Crippen LogP contribution >= 0.6 is 0 Å². The molecule has 0 radical (unpaired) electrons. The average Bonchev–Trinajstić information content (AvgIpc) is 2.38. The molecule has 0 bridgehead atoms. The van der Waals surface area contributed by atoms with Gasteiger partial charge in [-0.05, 0) is 43.0 Å². The lowest BCUT2D eigenvalue weighted by Gasteiger charge is -2.36. The summed E-state index contributed by atoms with van der Waals surface area (Å²) in [6, 6.07) is 8.19. The van der Waals surface area contributed by atoms with Crippen molar-refractivity contribution in [1.82, 2.24) is 4.90 Å². The number of piperidine rings is 1. The predicted molar refractivity (Wildman–Crippen MR) is 75.6 cm³/mol. The van der Waals surface area contributed by atoms with Crippen molar-refractivity contribution in [3.8, 4) is 0 Å². The van der Waals surface area contributed by atoms with Gasteiger partial charge in [-0.2, -0.15) is 0 Å². The van der Waals surface area contributed by atoms with E-state index in [1.165, 1.54) is 18.5 Å². The van der Waals surface area contributed by atoms with E-state index < -0.39 is 0 Å². The van der Waals surface area contributed by atoms with Crippen molar-refractivity contribution in [2.45, 2.75) is 25.9 Å². The van der Waals surface area contributed by atoms with Gasteiger partial charge in [-0.3, -0.25) is 0 Å². The summed E-state index contributed by atoms with van der Waals surface area (Å²) in [4.78, 5) is 2.50. The summed E-state index contributed by atoms with van der Waals surface area (Å²) >= 11 is 0. The summed E-state index contributed by atoms with van der Waals surface area (Å²) in [6.45, 7) is 5.61. The van der Waals surface area contributed by atoms with E-state index in [-0.39, 0.29) is 0 Å². The number of nitrogens with zero attached hydrogens (tertiary/aromatic N) is 1. The summed E-state index contributed by atoms with van der Waals surface area (Å²) in [5, 5.41) is 0. The molecule has 18 heavy (non-hydrogen) atoms. The van der Waals surface area contributed by atoms with Crippen molar-refractivity contribution in [3.05, 3.63) is 29.8 Å². The van der Waals surface area contributed by atoms with Crippen molar-refractivity contribution in [1.29, 1.82) is 0 Å². The first-order chi connectivity index (χ1) is 8.69. The van der Waals surface area contributed by atoms with Crippen LogP contribution in [0, 0.1) is 5.92 Å². The number of nitrogens with two attached hydrogens (primary N) is 1. The minimum atomic E-state index is 0.389. The maximum Gasteiger partial charge on any atom is 0.0724 e. The van der Waals surface area contributed by atoms with Gasteiger partial charge in [0.1, 0.15) is 0 Å². The summed E-state index contributed by atoms with van der Waals surface area (Å²) in [6.07, 6.45) is 2.69. The SMILES string of the molecule is COC1CN(CCc2cccc(N)c2)CCC1C. The smallest absolute Gasteiger partial charge is 0.0724 e. The first kappa shape index (κ1) is 13.4. The quantitative estimate of drug-likeness (QED) is 0.830. The lowest BCUT2D eigenvalue weighted by atomic mass is 9.95. The molecule has 1 aromatic rings. The van der Waals surface area contributed by atoms with Gasteiger partial charge in [0.25, 0.3) is 0 Å². The molecule has 0 amide bonds. The number of methoxy groups -OCH3 is 1. The molecule has 0 spiro atoms. The Balaban J connectivity index is 1.83. The summed E-state index contributed by atoms with van der Waals surface area (Å²) in [5.74, 6) is 0.679. The van der Waals surface area contributed by atoms with Crippen LogP contribution in [0.5, 0.6) is 0 Å². The standard InChI is InChI=1S/C15H24N2O/c1-12-6-8-17(11-15(12)18-2)9-7-13-4-3-5-14(16)10-13/h3-5,10,12,15H,6-9,11,16H2,1-2H3. The minimum absolute atomic E-state index is 0.389. The third-order valence-corrected chi connectivity index (χ3v) is 3.94. The molecule has 3 heteroatoms. The highest BCUT2D eigenvalue weighted by Gasteiger charge is 2.25. The molecule has 1 heterocycles. The number of benzene rings is 1. The van der Waals surface area contributed by atoms with E-state index in [0.29, 0.717) is 12.0 Å². The van der Waals surface area contributed by atoms with Crippen LogP contribution in [0.1, 0.15) is 18.9 Å². The molecular weight excluding hydrogens is 224 g/mol. The highest BCUT2D eigenvalue weighted by atomic mass is 16.5. The average molecular weight is 248 g/mol. The lowest BCUT2D eigenvalue weighted by molar-refractivity contribution is -0.00447. The van der Waals surface area contributed by atoms with E-state index in [2.05, 4.69) is 24.0 Å². The molecule has 2 rings (SSSR count). The third-order valence-electron chi connectivity index (χ3n) is 3.94. The Kier molecular flexibility index (Phi) is 4.61. The molecule has 2 atom stereocenters. The fraction of sp³-hybridized carbons (Fsp3) is 0.600. The second kappa shape index (κ2) is 6.21. The van der Waals surface area contributed by atoms with E-state index in [0.717, 1.165) is 25.2 Å². The summed E-state index contributed by atoms with van der Waals surface area (Å²) in [7, 11) is 1.82. The number of rotatable bonds is 4. The third kappa shape index (κ3) is 3.47. The molecule has 1 aromatic carbocycles. The zero-order valence-electron chi connectivity index (χ0n) is 11.4. The molecule has 1 fully saturated rings. The Morgan fingerprint density at radius 2 is 2.28 bits per heavy atom. The maximum atomic E-state index is 5.80. The molecule has 0 aliphatic carbocycles. The van der Waals surface area contributed by atoms with Crippen LogP contribution in [-0.4, -0.2) is 37.7 Å². The maximum absolute atomic E-state index is 5.80. The number of hydrogen-bond acceptors (Lipinski definition) is 3. The summed E-state index contributed by atoms with van der Waals surface area (Å²) < 4.78 is 5.54. The Bertz CT molecular complexity index is 381. The molecule has 2 unspecified atom stereocenters. The van der Waals surface area contributed by atoms with Gasteiger partial charge < -0.3 is 15.4 Å². The van der Waals surface area contributed by atoms with Crippen molar-refractivity contribution >= 4 is 5.69 Å². The Hall–Kier alpha value is -1.06. The van der Waals surface area contributed by atoms with E-state index in [1.807, 2.05) is 19.2 Å². The first-order valence-electron chi connectivity index (χ1n) is 6.78. The normalized spacial score (nSPS) is 25.2. The van der Waals surface area contributed by atoms with Crippen LogP contribution in [0.15, 0.2) is 24.3 Å². The number of anilines is 1. The molecule has 1 aliphatic rings. The van der Waals surface area contributed by atoms with Gasteiger partial charge in [0.05, 0.1) is 6.10 Å². The second-order valence-corrected chi connectivity index (χ2v) is 5.34. The van der Waals surface area contributed by atoms with E-state index in [4.69, 9.17) is 10.5 Å². The van der Waals surface area contributed by atoms with Crippen LogP contribution < -0.4 is 5.73 Å². The van der Waals surface area contributed by atoms with Crippen LogP contribution in [-0.2, 0) is 11.2 Å².